The number of imidazole rings is 1. The van der Waals surface area contributed by atoms with Crippen LogP contribution in [0, 0.1) is 13.8 Å². The van der Waals surface area contributed by atoms with Crippen LogP contribution >= 0.6 is 27.7 Å². The van der Waals surface area contributed by atoms with Crippen molar-refractivity contribution in [3.05, 3.63) is 62.4 Å². The molecule has 1 aromatic carbocycles. The highest BCUT2D eigenvalue weighted by Gasteiger charge is 2.13. The lowest BCUT2D eigenvalue weighted by Gasteiger charge is -2.10. The summed E-state index contributed by atoms with van der Waals surface area (Å²) in [6.07, 6.45) is 2.00. The van der Waals surface area contributed by atoms with Gasteiger partial charge >= 0.3 is 0 Å². The molecule has 0 unspecified atom stereocenters. The van der Waals surface area contributed by atoms with Crippen molar-refractivity contribution in [2.75, 3.05) is 0 Å². The molecule has 4 aromatic rings. The van der Waals surface area contributed by atoms with Crippen molar-refractivity contribution < 1.29 is 0 Å². The number of nitrogens with zero attached hydrogens (tertiary/aromatic N) is 5. The Morgan fingerprint density at radius 3 is 2.74 bits per heavy atom. The van der Waals surface area contributed by atoms with Gasteiger partial charge in [-0.05, 0) is 45.0 Å². The summed E-state index contributed by atoms with van der Waals surface area (Å²) in [5, 5.41) is 1.33. The lowest BCUT2D eigenvalue weighted by atomic mass is 10.2. The van der Waals surface area contributed by atoms with Crippen LogP contribution in [0.1, 0.15) is 24.0 Å². The minimum absolute atomic E-state index is 0.0190. The number of halogens is 1. The Hall–Kier alpha value is -2.19. The van der Waals surface area contributed by atoms with Gasteiger partial charge in [-0.1, -0.05) is 27.7 Å². The largest absolute Gasteiger partial charge is 0.288 e. The van der Waals surface area contributed by atoms with Gasteiger partial charge in [0.15, 0.2) is 5.16 Å². The topological polar surface area (TPSA) is 65.1 Å². The van der Waals surface area contributed by atoms with Crippen LogP contribution in [0.25, 0.3) is 16.7 Å². The van der Waals surface area contributed by atoms with Crippen molar-refractivity contribution in [3.8, 4) is 0 Å². The molecular formula is C19H18BrN5OS. The van der Waals surface area contributed by atoms with Crippen molar-refractivity contribution in [3.63, 3.8) is 0 Å². The van der Waals surface area contributed by atoms with E-state index in [1.165, 1.54) is 11.8 Å². The van der Waals surface area contributed by atoms with E-state index in [1.807, 2.05) is 55.6 Å². The second kappa shape index (κ2) is 7.09. The number of thioether (sulfide) groups is 1. The Morgan fingerprint density at radius 2 is 1.96 bits per heavy atom. The molecule has 0 aliphatic carbocycles. The Labute approximate surface area is 168 Å². The molecule has 0 fully saturated rings. The molecule has 0 spiro atoms. The molecule has 0 saturated heterocycles. The van der Waals surface area contributed by atoms with E-state index in [1.54, 1.807) is 4.57 Å². The monoisotopic (exact) mass is 443 g/mol. The first-order valence-corrected chi connectivity index (χ1v) is 10.4. The minimum atomic E-state index is -0.0190. The van der Waals surface area contributed by atoms with Gasteiger partial charge in [0.2, 0.25) is 5.78 Å². The van der Waals surface area contributed by atoms with Crippen LogP contribution in [0.4, 0.5) is 0 Å². The molecule has 0 aliphatic heterocycles. The van der Waals surface area contributed by atoms with Gasteiger partial charge in [-0.3, -0.25) is 13.8 Å². The number of fused-ring (bicyclic) bond motifs is 2. The molecule has 0 aliphatic rings. The van der Waals surface area contributed by atoms with E-state index in [0.29, 0.717) is 34.1 Å². The van der Waals surface area contributed by atoms with Crippen LogP contribution in [0.2, 0.25) is 0 Å². The summed E-state index contributed by atoms with van der Waals surface area (Å²) >= 11 is 4.94. The van der Waals surface area contributed by atoms with Crippen LogP contribution in [-0.2, 0) is 12.3 Å². The van der Waals surface area contributed by atoms with E-state index in [4.69, 9.17) is 4.98 Å². The molecule has 8 heteroatoms. The molecule has 0 atom stereocenters. The normalized spacial score (nSPS) is 11.6. The summed E-state index contributed by atoms with van der Waals surface area (Å²) in [7, 11) is 0. The summed E-state index contributed by atoms with van der Waals surface area (Å²) < 4.78 is 4.57. The highest BCUT2D eigenvalue weighted by Crippen LogP contribution is 2.23. The van der Waals surface area contributed by atoms with Gasteiger partial charge in [0.1, 0.15) is 0 Å². The standard InChI is InChI=1S/C19H18BrN5OS/c1-4-24-17(26)15-8-13(20)5-6-16(15)23-19(24)27-10-14-9-25-12(3)7-11(2)21-18(25)22-14/h5-9H,4,10H2,1-3H3. The molecule has 0 bridgehead atoms. The molecule has 4 rings (SSSR count). The quantitative estimate of drug-likeness (QED) is 0.350. The first-order chi connectivity index (χ1) is 13.0. The third-order valence-corrected chi connectivity index (χ3v) is 5.86. The highest BCUT2D eigenvalue weighted by molar-refractivity contribution is 9.10. The SMILES string of the molecule is CCn1c(SCc2cn3c(C)cc(C)nc3n2)nc2ccc(Br)cc2c1=O. The Balaban J connectivity index is 1.70. The third-order valence-electron chi connectivity index (χ3n) is 4.36. The van der Waals surface area contributed by atoms with Crippen molar-refractivity contribution in [2.24, 2.45) is 0 Å². The smallest absolute Gasteiger partial charge is 0.262 e. The fraction of sp³-hybridized carbons (Fsp3) is 0.263. The highest BCUT2D eigenvalue weighted by atomic mass is 79.9. The molecule has 0 saturated carbocycles. The molecule has 3 aromatic heterocycles. The van der Waals surface area contributed by atoms with E-state index < -0.39 is 0 Å². The fourth-order valence-corrected chi connectivity index (χ4v) is 4.40. The lowest BCUT2D eigenvalue weighted by Crippen LogP contribution is -2.22. The molecular weight excluding hydrogens is 426 g/mol. The zero-order valence-corrected chi connectivity index (χ0v) is 17.6. The van der Waals surface area contributed by atoms with E-state index in [2.05, 4.69) is 25.9 Å². The summed E-state index contributed by atoms with van der Waals surface area (Å²) in [6.45, 7) is 6.53. The van der Waals surface area contributed by atoms with Crippen LogP contribution < -0.4 is 5.56 Å². The molecule has 138 valence electrons. The van der Waals surface area contributed by atoms with Crippen LogP contribution in [0.5, 0.6) is 0 Å². The Kier molecular flexibility index (Phi) is 4.77. The Morgan fingerprint density at radius 1 is 1.15 bits per heavy atom. The molecule has 3 heterocycles. The van der Waals surface area contributed by atoms with Crippen molar-refractivity contribution in [2.45, 2.75) is 38.2 Å². The van der Waals surface area contributed by atoms with Gasteiger partial charge in [-0.2, -0.15) is 0 Å². The number of hydrogen-bond donors (Lipinski definition) is 0. The predicted molar refractivity (Wildman–Crippen MR) is 111 cm³/mol. The average molecular weight is 444 g/mol. The first kappa shape index (κ1) is 18.2. The molecule has 0 N–H and O–H groups in total. The lowest BCUT2D eigenvalue weighted by molar-refractivity contribution is 0.634. The van der Waals surface area contributed by atoms with Gasteiger partial charge in [0, 0.05) is 34.4 Å². The zero-order valence-electron chi connectivity index (χ0n) is 15.2. The molecule has 6 nitrogen and oxygen atoms in total. The number of aromatic nitrogens is 5. The maximum atomic E-state index is 12.8. The van der Waals surface area contributed by atoms with Crippen molar-refractivity contribution >= 4 is 44.4 Å². The van der Waals surface area contributed by atoms with Gasteiger partial charge in [0.25, 0.3) is 5.56 Å². The van der Waals surface area contributed by atoms with E-state index in [-0.39, 0.29) is 5.56 Å². The van der Waals surface area contributed by atoms with Crippen LogP contribution in [-0.4, -0.2) is 23.9 Å². The third kappa shape index (κ3) is 3.39. The van der Waals surface area contributed by atoms with Gasteiger partial charge in [-0.15, -0.1) is 0 Å². The maximum absolute atomic E-state index is 12.8. The second-order valence-corrected chi connectivity index (χ2v) is 8.19. The van der Waals surface area contributed by atoms with E-state index in [9.17, 15) is 4.79 Å². The Bertz CT molecular complexity index is 1230. The average Bonchev–Trinajstić information content (AvgIpc) is 3.04. The van der Waals surface area contributed by atoms with Gasteiger partial charge in [-0.25, -0.2) is 15.0 Å². The van der Waals surface area contributed by atoms with E-state index >= 15 is 0 Å². The predicted octanol–water partition coefficient (Wildman–Crippen LogP) is 4.13. The van der Waals surface area contributed by atoms with Gasteiger partial charge < -0.3 is 0 Å². The van der Waals surface area contributed by atoms with Crippen molar-refractivity contribution in [1.29, 1.82) is 0 Å². The summed E-state index contributed by atoms with van der Waals surface area (Å²) in [5.74, 6) is 1.32. The number of hydrogen-bond acceptors (Lipinski definition) is 5. The summed E-state index contributed by atoms with van der Waals surface area (Å²) in [4.78, 5) is 26.6. The van der Waals surface area contributed by atoms with Crippen LogP contribution in [0.3, 0.4) is 0 Å². The first-order valence-electron chi connectivity index (χ1n) is 8.61. The number of rotatable bonds is 4. The van der Waals surface area contributed by atoms with Crippen molar-refractivity contribution in [1.82, 2.24) is 23.9 Å². The minimum Gasteiger partial charge on any atom is -0.288 e. The number of benzene rings is 1. The zero-order chi connectivity index (χ0) is 19.1. The number of aryl methyl sites for hydroxylation is 2. The summed E-state index contributed by atoms with van der Waals surface area (Å²) in [5.41, 5.74) is 3.65. The molecule has 0 amide bonds. The molecule has 27 heavy (non-hydrogen) atoms. The fourth-order valence-electron chi connectivity index (χ4n) is 3.09. The van der Waals surface area contributed by atoms with Crippen LogP contribution in [0.15, 0.2) is 44.9 Å². The molecule has 0 radical (unpaired) electrons. The second-order valence-electron chi connectivity index (χ2n) is 6.34. The maximum Gasteiger partial charge on any atom is 0.262 e. The van der Waals surface area contributed by atoms with Gasteiger partial charge in [0.05, 0.1) is 16.6 Å². The van der Waals surface area contributed by atoms with E-state index in [0.717, 1.165) is 21.6 Å². The summed E-state index contributed by atoms with van der Waals surface area (Å²) in [6, 6.07) is 7.62.